The number of nitrogens with zero attached hydrogens (tertiary/aromatic N) is 4. The molecule has 3 aliphatic rings. The molecule has 158 valence electrons. The van der Waals surface area contributed by atoms with E-state index >= 15 is 0 Å². The van der Waals surface area contributed by atoms with Crippen molar-refractivity contribution in [2.75, 3.05) is 63.8 Å². The van der Waals surface area contributed by atoms with Gasteiger partial charge in [-0.25, -0.2) is 0 Å². The largest absolute Gasteiger partial charge is 0.368 e. The zero-order chi connectivity index (χ0) is 20.6. The zero-order valence-corrected chi connectivity index (χ0v) is 18.1. The fourth-order valence-corrected chi connectivity index (χ4v) is 4.75. The summed E-state index contributed by atoms with van der Waals surface area (Å²) in [5, 5.41) is 0. The molecule has 0 atom stereocenters. The third-order valence-corrected chi connectivity index (χ3v) is 7.16. The first-order chi connectivity index (χ1) is 14.0. The third-order valence-electron chi connectivity index (χ3n) is 7.16. The van der Waals surface area contributed by atoms with Crippen LogP contribution in [0.3, 0.4) is 0 Å². The van der Waals surface area contributed by atoms with Gasteiger partial charge in [0.1, 0.15) is 5.41 Å². The van der Waals surface area contributed by atoms with E-state index in [0.717, 1.165) is 58.7 Å². The summed E-state index contributed by atoms with van der Waals surface area (Å²) in [6.07, 6.45) is 1.44. The maximum absolute atomic E-state index is 13.3. The molecular formula is C23H34N4O2. The molecule has 1 aromatic rings. The molecule has 0 bridgehead atoms. The molecule has 1 saturated carbocycles. The average molecular weight is 399 g/mol. The Balaban J connectivity index is 1.37. The van der Waals surface area contributed by atoms with Gasteiger partial charge in [-0.2, -0.15) is 0 Å². The zero-order valence-electron chi connectivity index (χ0n) is 18.1. The molecule has 1 aliphatic carbocycles. The Hall–Kier alpha value is -2.08. The molecule has 6 heteroatoms. The number of hydrogen-bond donors (Lipinski definition) is 0. The smallest absolute Gasteiger partial charge is 0.238 e. The first kappa shape index (κ1) is 20.2. The van der Waals surface area contributed by atoms with E-state index in [4.69, 9.17) is 0 Å². The average Bonchev–Trinajstić information content (AvgIpc) is 3.57. The van der Waals surface area contributed by atoms with Gasteiger partial charge in [0.15, 0.2) is 0 Å². The minimum absolute atomic E-state index is 0.0704. The van der Waals surface area contributed by atoms with Gasteiger partial charge in [-0.3, -0.25) is 9.59 Å². The first-order valence-electron chi connectivity index (χ1n) is 11.1. The van der Waals surface area contributed by atoms with Gasteiger partial charge in [-0.15, -0.1) is 0 Å². The van der Waals surface area contributed by atoms with Crippen LogP contribution in [0.25, 0.3) is 0 Å². The van der Waals surface area contributed by atoms with E-state index in [1.54, 1.807) is 0 Å². The highest BCUT2D eigenvalue weighted by Gasteiger charge is 2.59. The molecule has 0 spiro atoms. The van der Waals surface area contributed by atoms with Gasteiger partial charge in [-0.05, 0) is 50.4 Å². The van der Waals surface area contributed by atoms with Gasteiger partial charge in [0.05, 0.1) is 0 Å². The van der Waals surface area contributed by atoms with Crippen LogP contribution in [0.5, 0.6) is 0 Å². The van der Waals surface area contributed by atoms with E-state index in [-0.39, 0.29) is 11.8 Å². The van der Waals surface area contributed by atoms with Crippen LogP contribution >= 0.6 is 0 Å². The molecule has 1 aromatic carbocycles. The standard InChI is InChI=1S/C23H34N4O2/c1-4-24-10-12-26(13-11-24)21(28)23(8-9-23)22(29)27-16-14-25(15-17-27)20-7-5-6-18(2)19(20)3/h5-7H,4,8-17H2,1-3H3. The van der Waals surface area contributed by atoms with Crippen LogP contribution in [-0.2, 0) is 9.59 Å². The Kier molecular flexibility index (Phi) is 5.56. The molecule has 0 unspecified atom stereocenters. The minimum Gasteiger partial charge on any atom is -0.368 e. The lowest BCUT2D eigenvalue weighted by Gasteiger charge is -2.40. The van der Waals surface area contributed by atoms with Gasteiger partial charge >= 0.3 is 0 Å². The summed E-state index contributed by atoms with van der Waals surface area (Å²) in [6.45, 7) is 13.9. The number of carbonyl (C=O) groups is 2. The Morgan fingerprint density at radius 2 is 1.41 bits per heavy atom. The fourth-order valence-electron chi connectivity index (χ4n) is 4.75. The highest BCUT2D eigenvalue weighted by atomic mass is 16.2. The lowest BCUT2D eigenvalue weighted by atomic mass is 10.0. The quantitative estimate of drug-likeness (QED) is 0.727. The summed E-state index contributed by atoms with van der Waals surface area (Å²) in [6, 6.07) is 6.41. The van der Waals surface area contributed by atoms with Crippen molar-refractivity contribution >= 4 is 17.5 Å². The van der Waals surface area contributed by atoms with Crippen LogP contribution in [0.15, 0.2) is 18.2 Å². The molecule has 3 fully saturated rings. The Labute approximate surface area is 174 Å². The fraction of sp³-hybridized carbons (Fsp3) is 0.652. The molecule has 2 amide bonds. The number of rotatable bonds is 4. The van der Waals surface area contributed by atoms with E-state index in [1.165, 1.54) is 16.8 Å². The summed E-state index contributed by atoms with van der Waals surface area (Å²) in [5.74, 6) is 0.149. The van der Waals surface area contributed by atoms with Crippen molar-refractivity contribution in [1.82, 2.24) is 14.7 Å². The Bertz CT molecular complexity index is 773. The van der Waals surface area contributed by atoms with Crippen molar-refractivity contribution in [3.63, 3.8) is 0 Å². The first-order valence-corrected chi connectivity index (χ1v) is 11.1. The molecule has 0 aromatic heterocycles. The predicted octanol–water partition coefficient (Wildman–Crippen LogP) is 1.90. The van der Waals surface area contributed by atoms with Crippen molar-refractivity contribution in [2.45, 2.75) is 33.6 Å². The van der Waals surface area contributed by atoms with E-state index < -0.39 is 5.41 Å². The highest BCUT2D eigenvalue weighted by molar-refractivity contribution is 6.08. The van der Waals surface area contributed by atoms with E-state index in [1.807, 2.05) is 9.80 Å². The van der Waals surface area contributed by atoms with Crippen LogP contribution in [-0.4, -0.2) is 85.4 Å². The Morgan fingerprint density at radius 3 is 1.93 bits per heavy atom. The SMILES string of the molecule is CCN1CCN(C(=O)C2(C(=O)N3CCN(c4cccc(C)c4C)CC3)CC2)CC1. The second kappa shape index (κ2) is 7.98. The third kappa shape index (κ3) is 3.75. The molecule has 0 radical (unpaired) electrons. The van der Waals surface area contributed by atoms with Crippen molar-refractivity contribution in [3.05, 3.63) is 29.3 Å². The van der Waals surface area contributed by atoms with Crippen LogP contribution in [0, 0.1) is 19.3 Å². The molecule has 4 rings (SSSR count). The minimum atomic E-state index is -0.754. The second-order valence-corrected chi connectivity index (χ2v) is 8.81. The lowest BCUT2D eigenvalue weighted by molar-refractivity contribution is -0.150. The van der Waals surface area contributed by atoms with E-state index in [0.29, 0.717) is 13.1 Å². The van der Waals surface area contributed by atoms with Crippen LogP contribution in [0.2, 0.25) is 0 Å². The van der Waals surface area contributed by atoms with Gasteiger partial charge in [0, 0.05) is 58.0 Å². The number of carbonyl (C=O) groups excluding carboxylic acids is 2. The summed E-state index contributed by atoms with van der Waals surface area (Å²) in [5.41, 5.74) is 3.12. The van der Waals surface area contributed by atoms with E-state index in [2.05, 4.69) is 48.8 Å². The molecule has 2 aliphatic heterocycles. The molecule has 6 nitrogen and oxygen atoms in total. The maximum Gasteiger partial charge on any atom is 0.238 e. The van der Waals surface area contributed by atoms with Crippen molar-refractivity contribution in [3.8, 4) is 0 Å². The van der Waals surface area contributed by atoms with E-state index in [9.17, 15) is 9.59 Å². The monoisotopic (exact) mass is 398 g/mol. The van der Waals surface area contributed by atoms with Crippen LogP contribution in [0.4, 0.5) is 5.69 Å². The number of amides is 2. The molecular weight excluding hydrogens is 364 g/mol. The second-order valence-electron chi connectivity index (χ2n) is 8.81. The number of piperazine rings is 2. The summed E-state index contributed by atoms with van der Waals surface area (Å²) in [7, 11) is 0. The summed E-state index contributed by atoms with van der Waals surface area (Å²) < 4.78 is 0. The predicted molar refractivity (Wildman–Crippen MR) is 115 cm³/mol. The normalized spacial score (nSPS) is 22.0. The molecule has 2 saturated heterocycles. The van der Waals surface area contributed by atoms with Gasteiger partial charge < -0.3 is 19.6 Å². The summed E-state index contributed by atoms with van der Waals surface area (Å²) >= 11 is 0. The van der Waals surface area contributed by atoms with Crippen LogP contribution < -0.4 is 4.90 Å². The topological polar surface area (TPSA) is 47.1 Å². The Morgan fingerprint density at radius 1 is 0.862 bits per heavy atom. The van der Waals surface area contributed by atoms with Crippen LogP contribution in [0.1, 0.15) is 30.9 Å². The number of benzene rings is 1. The number of anilines is 1. The van der Waals surface area contributed by atoms with Gasteiger partial charge in [-0.1, -0.05) is 19.1 Å². The number of hydrogen-bond acceptors (Lipinski definition) is 4. The maximum atomic E-state index is 13.3. The number of likely N-dealkylation sites (N-methyl/N-ethyl adjacent to an activating group) is 1. The van der Waals surface area contributed by atoms with Gasteiger partial charge in [0.2, 0.25) is 11.8 Å². The molecule has 2 heterocycles. The summed E-state index contributed by atoms with van der Waals surface area (Å²) in [4.78, 5) is 35.1. The van der Waals surface area contributed by atoms with Gasteiger partial charge in [0.25, 0.3) is 0 Å². The lowest BCUT2D eigenvalue weighted by Crippen LogP contribution is -2.56. The highest BCUT2D eigenvalue weighted by Crippen LogP contribution is 2.49. The molecule has 0 N–H and O–H groups in total. The number of aryl methyl sites for hydroxylation is 1. The molecule has 29 heavy (non-hydrogen) atoms. The van der Waals surface area contributed by atoms with Crippen molar-refractivity contribution < 1.29 is 9.59 Å². The van der Waals surface area contributed by atoms with Crippen molar-refractivity contribution in [2.24, 2.45) is 5.41 Å². The van der Waals surface area contributed by atoms with Crippen molar-refractivity contribution in [1.29, 1.82) is 0 Å².